The maximum atomic E-state index is 13.3. The Hall–Kier alpha value is -3.11. The van der Waals surface area contributed by atoms with Gasteiger partial charge in [0.15, 0.2) is 0 Å². The number of ether oxygens (including phenoxy) is 1. The van der Waals surface area contributed by atoms with E-state index in [1.165, 1.54) is 23.1 Å². The number of anilines is 2. The molecule has 192 valence electrons. The Morgan fingerprint density at radius 3 is 2.61 bits per heavy atom. The van der Waals surface area contributed by atoms with Crippen molar-refractivity contribution in [3.05, 3.63) is 52.4 Å². The molecule has 3 N–H and O–H groups in total. The minimum atomic E-state index is -1.21. The maximum absolute atomic E-state index is 13.3. The van der Waals surface area contributed by atoms with Gasteiger partial charge in [-0.25, -0.2) is 9.59 Å². The van der Waals surface area contributed by atoms with E-state index in [2.05, 4.69) is 10.6 Å². The highest BCUT2D eigenvalue weighted by Gasteiger charge is 2.28. The van der Waals surface area contributed by atoms with E-state index >= 15 is 0 Å². The van der Waals surface area contributed by atoms with Crippen LogP contribution in [0.3, 0.4) is 0 Å². The zero-order valence-corrected chi connectivity index (χ0v) is 21.9. The molecule has 1 aromatic carbocycles. The second kappa shape index (κ2) is 13.3. The Balaban J connectivity index is 1.75. The highest BCUT2D eigenvalue weighted by Crippen LogP contribution is 2.39. The largest absolute Gasteiger partial charge is 0.478 e. The number of rotatable bonds is 10. The van der Waals surface area contributed by atoms with Crippen LogP contribution in [0.2, 0.25) is 0 Å². The van der Waals surface area contributed by atoms with Crippen LogP contribution in [0.15, 0.2) is 41.3 Å². The number of aliphatic carboxylic acids is 1. The smallest absolute Gasteiger partial charge is 0.341 e. The SMILES string of the molecule is CCOC(=O)c1c(NC(=O)C(CC)Sc2cccc(NC(=O)/C=C/C(=O)O)c2)sc2c1CCCCC2. The van der Waals surface area contributed by atoms with Crippen LogP contribution < -0.4 is 10.6 Å². The summed E-state index contributed by atoms with van der Waals surface area (Å²) in [5.41, 5.74) is 1.99. The van der Waals surface area contributed by atoms with E-state index in [-0.39, 0.29) is 12.5 Å². The lowest BCUT2D eigenvalue weighted by Crippen LogP contribution is -2.25. The number of carboxylic acids is 1. The minimum absolute atomic E-state index is 0.205. The molecule has 1 heterocycles. The van der Waals surface area contributed by atoms with Crippen molar-refractivity contribution < 1.29 is 29.0 Å². The topological polar surface area (TPSA) is 122 Å². The van der Waals surface area contributed by atoms with E-state index < -0.39 is 23.1 Å². The number of esters is 1. The molecular weight excluding hydrogens is 500 g/mol. The summed E-state index contributed by atoms with van der Waals surface area (Å²) in [7, 11) is 0. The van der Waals surface area contributed by atoms with E-state index in [1.54, 1.807) is 25.1 Å². The Labute approximate surface area is 218 Å². The van der Waals surface area contributed by atoms with Crippen molar-refractivity contribution in [1.82, 2.24) is 0 Å². The predicted octanol–water partition coefficient (Wildman–Crippen LogP) is 5.28. The van der Waals surface area contributed by atoms with Crippen molar-refractivity contribution in [3.8, 4) is 0 Å². The van der Waals surface area contributed by atoms with Crippen molar-refractivity contribution in [2.24, 2.45) is 0 Å². The molecule has 0 bridgehead atoms. The van der Waals surface area contributed by atoms with Crippen LogP contribution in [0.1, 0.15) is 60.3 Å². The fraction of sp³-hybridized carbons (Fsp3) is 0.385. The molecule has 1 atom stereocenters. The fourth-order valence-corrected chi connectivity index (χ4v) is 6.20. The van der Waals surface area contributed by atoms with Gasteiger partial charge >= 0.3 is 11.9 Å². The average molecular weight is 531 g/mol. The van der Waals surface area contributed by atoms with E-state index in [0.29, 0.717) is 22.7 Å². The lowest BCUT2D eigenvalue weighted by Gasteiger charge is -2.16. The zero-order valence-electron chi connectivity index (χ0n) is 20.3. The number of hydrogen-bond donors (Lipinski definition) is 3. The van der Waals surface area contributed by atoms with Crippen LogP contribution in [0, 0.1) is 0 Å². The van der Waals surface area contributed by atoms with Gasteiger partial charge in [-0.2, -0.15) is 0 Å². The Morgan fingerprint density at radius 1 is 1.11 bits per heavy atom. The monoisotopic (exact) mass is 530 g/mol. The molecule has 10 heteroatoms. The van der Waals surface area contributed by atoms with Crippen molar-refractivity contribution in [3.63, 3.8) is 0 Å². The first-order valence-corrected chi connectivity index (χ1v) is 13.6. The minimum Gasteiger partial charge on any atom is -0.478 e. The number of amides is 2. The quantitative estimate of drug-likeness (QED) is 0.165. The molecule has 1 aliphatic rings. The van der Waals surface area contributed by atoms with Gasteiger partial charge < -0.3 is 20.5 Å². The first-order valence-electron chi connectivity index (χ1n) is 11.9. The summed E-state index contributed by atoms with van der Waals surface area (Å²) in [5, 5.41) is 14.4. The number of hydrogen-bond acceptors (Lipinski definition) is 7. The van der Waals surface area contributed by atoms with Crippen molar-refractivity contribution in [2.75, 3.05) is 17.2 Å². The molecule has 3 rings (SSSR count). The second-order valence-electron chi connectivity index (χ2n) is 8.18. The fourth-order valence-electron chi connectivity index (χ4n) is 3.91. The van der Waals surface area contributed by atoms with E-state index in [4.69, 9.17) is 9.84 Å². The number of carboxylic acid groups (broad SMARTS) is 1. The van der Waals surface area contributed by atoms with Crippen LogP contribution >= 0.6 is 23.1 Å². The van der Waals surface area contributed by atoms with Crippen LogP contribution in [0.5, 0.6) is 0 Å². The lowest BCUT2D eigenvalue weighted by atomic mass is 10.1. The van der Waals surface area contributed by atoms with E-state index in [1.807, 2.05) is 13.0 Å². The molecular formula is C26H30N2O6S2. The summed E-state index contributed by atoms with van der Waals surface area (Å²) in [6.07, 6.45) is 7.15. The average Bonchev–Trinajstić information content (AvgIpc) is 3.01. The Bertz CT molecular complexity index is 1160. The molecule has 8 nitrogen and oxygen atoms in total. The number of carbonyl (C=O) groups excluding carboxylic acids is 3. The third-order valence-electron chi connectivity index (χ3n) is 5.56. The Morgan fingerprint density at radius 2 is 1.89 bits per heavy atom. The van der Waals surface area contributed by atoms with Crippen LogP contribution in [-0.4, -0.2) is 40.7 Å². The molecule has 36 heavy (non-hydrogen) atoms. The summed E-state index contributed by atoms with van der Waals surface area (Å²) in [5.74, 6) is -2.37. The molecule has 0 spiro atoms. The number of thioether (sulfide) groups is 1. The van der Waals surface area contributed by atoms with E-state index in [0.717, 1.165) is 59.6 Å². The van der Waals surface area contributed by atoms with Gasteiger partial charge in [-0.3, -0.25) is 9.59 Å². The first-order chi connectivity index (χ1) is 17.3. The number of nitrogens with one attached hydrogen (secondary N) is 2. The van der Waals surface area contributed by atoms with Crippen LogP contribution in [-0.2, 0) is 32.0 Å². The maximum Gasteiger partial charge on any atom is 0.341 e. The molecule has 0 aliphatic heterocycles. The predicted molar refractivity (Wildman–Crippen MR) is 142 cm³/mol. The molecule has 0 fully saturated rings. The highest BCUT2D eigenvalue weighted by molar-refractivity contribution is 8.00. The second-order valence-corrected chi connectivity index (χ2v) is 10.6. The normalized spacial score (nSPS) is 13.9. The van der Waals surface area contributed by atoms with Gasteiger partial charge in [-0.05, 0) is 62.8 Å². The molecule has 1 aliphatic carbocycles. The molecule has 1 unspecified atom stereocenters. The zero-order chi connectivity index (χ0) is 26.1. The summed E-state index contributed by atoms with van der Waals surface area (Å²) < 4.78 is 5.31. The summed E-state index contributed by atoms with van der Waals surface area (Å²) >= 11 is 2.82. The number of fused-ring (bicyclic) bond motifs is 1. The Kier molecular flexibility index (Phi) is 10.1. The van der Waals surface area contributed by atoms with Gasteiger partial charge in [-0.15, -0.1) is 23.1 Å². The number of thiophene rings is 1. The summed E-state index contributed by atoms with van der Waals surface area (Å²) in [6.45, 7) is 3.95. The summed E-state index contributed by atoms with van der Waals surface area (Å²) in [6, 6.07) is 6.99. The third kappa shape index (κ3) is 7.44. The van der Waals surface area contributed by atoms with Crippen LogP contribution in [0.25, 0.3) is 0 Å². The van der Waals surface area contributed by atoms with Crippen LogP contribution in [0.4, 0.5) is 10.7 Å². The van der Waals surface area contributed by atoms with Gasteiger partial charge in [0.2, 0.25) is 11.8 Å². The third-order valence-corrected chi connectivity index (χ3v) is 8.12. The first kappa shape index (κ1) is 27.5. The standard InChI is InChI=1S/C26H30N2O6S2/c1-3-19(35-17-10-8-9-16(15-17)27-21(29)13-14-22(30)31)24(32)28-25-23(26(33)34-4-2)18-11-6-5-7-12-20(18)36-25/h8-10,13-15,19H,3-7,11-12H2,1-2H3,(H,27,29)(H,28,32)(H,30,31)/b14-13+. The molecule has 0 saturated heterocycles. The molecule has 2 aromatic rings. The van der Waals surface area contributed by atoms with Gasteiger partial charge in [-0.1, -0.05) is 19.4 Å². The summed E-state index contributed by atoms with van der Waals surface area (Å²) in [4.78, 5) is 50.4. The molecule has 0 radical (unpaired) electrons. The molecule has 1 aromatic heterocycles. The molecule has 2 amide bonds. The molecule has 0 saturated carbocycles. The number of benzene rings is 1. The van der Waals surface area contributed by atoms with Gasteiger partial charge in [0.25, 0.3) is 0 Å². The van der Waals surface area contributed by atoms with Gasteiger partial charge in [0, 0.05) is 27.6 Å². The van der Waals surface area contributed by atoms with Crippen molar-refractivity contribution in [2.45, 2.75) is 62.5 Å². The van der Waals surface area contributed by atoms with Gasteiger partial charge in [0.1, 0.15) is 5.00 Å². The number of carbonyl (C=O) groups is 4. The van der Waals surface area contributed by atoms with E-state index in [9.17, 15) is 19.2 Å². The highest BCUT2D eigenvalue weighted by atomic mass is 32.2. The van der Waals surface area contributed by atoms with Crippen molar-refractivity contribution in [1.29, 1.82) is 0 Å². The van der Waals surface area contributed by atoms with Gasteiger partial charge in [0.05, 0.1) is 17.4 Å². The lowest BCUT2D eigenvalue weighted by molar-refractivity contribution is -0.131. The number of aryl methyl sites for hydroxylation is 1. The van der Waals surface area contributed by atoms with Crippen molar-refractivity contribution >= 4 is 57.5 Å².